The Kier molecular flexibility index (Phi) is 5.28. The second-order valence-corrected chi connectivity index (χ2v) is 5.26. The van der Waals surface area contributed by atoms with Gasteiger partial charge in [-0.25, -0.2) is 4.68 Å². The fraction of sp³-hybridized carbons (Fsp3) is 0.176. The monoisotopic (exact) mass is 352 g/mol. The summed E-state index contributed by atoms with van der Waals surface area (Å²) < 4.78 is 6.54. The molecular formula is C17H16N6O3. The number of hydrogen-bond donors (Lipinski definition) is 1. The number of aromatic nitrogens is 5. The summed E-state index contributed by atoms with van der Waals surface area (Å²) in [6, 6.07) is 11.7. The quantitative estimate of drug-likeness (QED) is 0.641. The molecule has 0 saturated heterocycles. The summed E-state index contributed by atoms with van der Waals surface area (Å²) in [5.74, 6) is -0.0417. The maximum absolute atomic E-state index is 11.9. The number of aryl methyl sites for hydroxylation is 1. The van der Waals surface area contributed by atoms with Gasteiger partial charge in [-0.1, -0.05) is 6.07 Å². The Morgan fingerprint density at radius 2 is 2.00 bits per heavy atom. The average molecular weight is 352 g/mol. The van der Waals surface area contributed by atoms with Crippen LogP contribution in [0.5, 0.6) is 5.88 Å². The lowest BCUT2D eigenvalue weighted by atomic mass is 10.2. The third-order valence-electron chi connectivity index (χ3n) is 3.40. The molecule has 3 aromatic heterocycles. The highest BCUT2D eigenvalue weighted by Crippen LogP contribution is 2.14. The molecule has 0 aliphatic carbocycles. The average Bonchev–Trinajstić information content (AvgIpc) is 2.68. The second kappa shape index (κ2) is 7.97. The van der Waals surface area contributed by atoms with Gasteiger partial charge in [-0.2, -0.15) is 5.10 Å². The third kappa shape index (κ3) is 4.26. The fourth-order valence-corrected chi connectivity index (χ4v) is 2.08. The highest BCUT2D eigenvalue weighted by molar-refractivity contribution is 5.91. The van der Waals surface area contributed by atoms with Crippen LogP contribution in [0, 0.1) is 0 Å². The standard InChI is InChI=1S/C17H16N6O3/c1-23-16(24)8-6-14(22-23)17(25)19-10-11-26-15-7-5-13(20-21-15)12-4-2-3-9-18-12/h2-9H,10-11H2,1H3,(H,19,25). The fourth-order valence-electron chi connectivity index (χ4n) is 2.08. The van der Waals surface area contributed by atoms with Gasteiger partial charge < -0.3 is 10.1 Å². The lowest BCUT2D eigenvalue weighted by molar-refractivity contribution is 0.0939. The van der Waals surface area contributed by atoms with Crippen LogP contribution in [-0.2, 0) is 7.05 Å². The van der Waals surface area contributed by atoms with E-state index in [1.807, 2.05) is 18.2 Å². The Hall–Kier alpha value is -3.62. The number of nitrogens with one attached hydrogen (secondary N) is 1. The molecule has 9 heteroatoms. The van der Waals surface area contributed by atoms with E-state index in [4.69, 9.17) is 4.74 Å². The smallest absolute Gasteiger partial charge is 0.271 e. The number of pyridine rings is 1. The summed E-state index contributed by atoms with van der Waals surface area (Å²) in [5, 5.41) is 14.6. The van der Waals surface area contributed by atoms with Crippen molar-refractivity contribution in [3.63, 3.8) is 0 Å². The minimum atomic E-state index is -0.388. The summed E-state index contributed by atoms with van der Waals surface area (Å²) in [6.45, 7) is 0.474. The van der Waals surface area contributed by atoms with Gasteiger partial charge in [0, 0.05) is 25.4 Å². The van der Waals surface area contributed by atoms with Gasteiger partial charge in [0.15, 0.2) is 0 Å². The lowest BCUT2D eigenvalue weighted by Crippen LogP contribution is -2.31. The largest absolute Gasteiger partial charge is 0.475 e. The van der Waals surface area contributed by atoms with Crippen LogP contribution in [0.15, 0.2) is 53.5 Å². The molecule has 0 bridgehead atoms. The van der Waals surface area contributed by atoms with E-state index in [0.29, 0.717) is 11.6 Å². The SMILES string of the molecule is Cn1nc(C(=O)NCCOc2ccc(-c3ccccn3)nn2)ccc1=O. The van der Waals surface area contributed by atoms with Crippen LogP contribution in [0.3, 0.4) is 0 Å². The molecule has 0 aliphatic rings. The van der Waals surface area contributed by atoms with Crippen LogP contribution >= 0.6 is 0 Å². The van der Waals surface area contributed by atoms with Crippen molar-refractivity contribution in [2.24, 2.45) is 7.05 Å². The number of ether oxygens (including phenoxy) is 1. The highest BCUT2D eigenvalue weighted by Gasteiger charge is 2.08. The normalized spacial score (nSPS) is 10.3. The lowest BCUT2D eigenvalue weighted by Gasteiger charge is -2.07. The van der Waals surface area contributed by atoms with E-state index in [2.05, 4.69) is 25.6 Å². The molecule has 0 aromatic carbocycles. The number of hydrogen-bond acceptors (Lipinski definition) is 7. The topological polar surface area (TPSA) is 112 Å². The maximum atomic E-state index is 11.9. The molecule has 26 heavy (non-hydrogen) atoms. The minimum Gasteiger partial charge on any atom is -0.475 e. The predicted octanol–water partition coefficient (Wildman–Crippen LogP) is 0.441. The van der Waals surface area contributed by atoms with Gasteiger partial charge in [0.25, 0.3) is 11.5 Å². The molecule has 132 valence electrons. The van der Waals surface area contributed by atoms with Crippen molar-refractivity contribution in [3.8, 4) is 17.3 Å². The van der Waals surface area contributed by atoms with Crippen LogP contribution in [0.2, 0.25) is 0 Å². The summed E-state index contributed by atoms with van der Waals surface area (Å²) in [5.41, 5.74) is 1.25. The van der Waals surface area contributed by atoms with E-state index in [0.717, 1.165) is 10.4 Å². The molecule has 9 nitrogen and oxygen atoms in total. The second-order valence-electron chi connectivity index (χ2n) is 5.26. The zero-order chi connectivity index (χ0) is 18.4. The van der Waals surface area contributed by atoms with Crippen molar-refractivity contribution >= 4 is 5.91 Å². The van der Waals surface area contributed by atoms with E-state index in [1.54, 1.807) is 18.3 Å². The zero-order valence-electron chi connectivity index (χ0n) is 14.0. The van der Waals surface area contributed by atoms with Gasteiger partial charge >= 0.3 is 0 Å². The molecule has 0 atom stereocenters. The van der Waals surface area contributed by atoms with E-state index in [-0.39, 0.29) is 30.3 Å². The maximum Gasteiger partial charge on any atom is 0.271 e. The summed E-state index contributed by atoms with van der Waals surface area (Å²) in [6.07, 6.45) is 1.68. The van der Waals surface area contributed by atoms with Gasteiger partial charge in [-0.05, 0) is 24.3 Å². The summed E-state index contributed by atoms with van der Waals surface area (Å²) in [4.78, 5) is 27.4. The van der Waals surface area contributed by atoms with Crippen molar-refractivity contribution < 1.29 is 9.53 Å². The first-order valence-electron chi connectivity index (χ1n) is 7.84. The van der Waals surface area contributed by atoms with Crippen molar-refractivity contribution in [2.45, 2.75) is 0 Å². The Bertz CT molecular complexity index is 941. The van der Waals surface area contributed by atoms with Crippen LogP contribution in [0.4, 0.5) is 0 Å². The van der Waals surface area contributed by atoms with Gasteiger partial charge in [0.1, 0.15) is 18.0 Å². The third-order valence-corrected chi connectivity index (χ3v) is 3.40. The van der Waals surface area contributed by atoms with E-state index in [1.165, 1.54) is 19.2 Å². The van der Waals surface area contributed by atoms with E-state index < -0.39 is 0 Å². The molecular weight excluding hydrogens is 336 g/mol. The number of carbonyl (C=O) groups excluding carboxylic acids is 1. The van der Waals surface area contributed by atoms with Crippen molar-refractivity contribution in [3.05, 3.63) is 64.7 Å². The van der Waals surface area contributed by atoms with Gasteiger partial charge in [-0.3, -0.25) is 14.6 Å². The van der Waals surface area contributed by atoms with Crippen molar-refractivity contribution in [2.75, 3.05) is 13.2 Å². The van der Waals surface area contributed by atoms with E-state index in [9.17, 15) is 9.59 Å². The number of rotatable bonds is 6. The molecule has 0 radical (unpaired) electrons. The number of nitrogens with zero attached hydrogens (tertiary/aromatic N) is 5. The summed E-state index contributed by atoms with van der Waals surface area (Å²) >= 11 is 0. The molecule has 0 aliphatic heterocycles. The molecule has 3 heterocycles. The summed E-state index contributed by atoms with van der Waals surface area (Å²) in [7, 11) is 1.48. The molecule has 3 aromatic rings. The number of carbonyl (C=O) groups is 1. The van der Waals surface area contributed by atoms with E-state index >= 15 is 0 Å². The predicted molar refractivity (Wildman–Crippen MR) is 92.6 cm³/mol. The molecule has 0 saturated carbocycles. The van der Waals surface area contributed by atoms with Crippen LogP contribution in [0.1, 0.15) is 10.5 Å². The first kappa shape index (κ1) is 17.2. The first-order valence-corrected chi connectivity index (χ1v) is 7.84. The molecule has 0 fully saturated rings. The van der Waals surface area contributed by atoms with Gasteiger partial charge in [-0.15, -0.1) is 10.2 Å². The van der Waals surface area contributed by atoms with Crippen molar-refractivity contribution in [1.29, 1.82) is 0 Å². The van der Waals surface area contributed by atoms with Crippen LogP contribution < -0.4 is 15.6 Å². The molecule has 3 rings (SSSR count). The van der Waals surface area contributed by atoms with Crippen LogP contribution in [0.25, 0.3) is 11.4 Å². The molecule has 0 spiro atoms. The zero-order valence-corrected chi connectivity index (χ0v) is 14.0. The molecule has 1 amide bonds. The molecule has 1 N–H and O–H groups in total. The Morgan fingerprint density at radius 3 is 2.69 bits per heavy atom. The van der Waals surface area contributed by atoms with Gasteiger partial charge in [0.2, 0.25) is 5.88 Å². The Labute approximate surface area is 148 Å². The Morgan fingerprint density at radius 1 is 1.12 bits per heavy atom. The van der Waals surface area contributed by atoms with Crippen LogP contribution in [-0.4, -0.2) is 44.0 Å². The Balaban J connectivity index is 1.48. The minimum absolute atomic E-state index is 0.159. The molecule has 0 unspecified atom stereocenters. The number of amides is 1. The highest BCUT2D eigenvalue weighted by atomic mass is 16.5. The van der Waals surface area contributed by atoms with Crippen molar-refractivity contribution in [1.82, 2.24) is 30.3 Å². The first-order chi connectivity index (χ1) is 12.6. The van der Waals surface area contributed by atoms with Gasteiger partial charge in [0.05, 0.1) is 12.2 Å².